The fourth-order valence-corrected chi connectivity index (χ4v) is 4.07. The van der Waals surface area contributed by atoms with Gasteiger partial charge in [0.05, 0.1) is 12.1 Å². The fourth-order valence-electron chi connectivity index (χ4n) is 4.07. The number of aryl methyl sites for hydroxylation is 1. The number of carbonyl (C=O) groups is 1. The van der Waals surface area contributed by atoms with Crippen molar-refractivity contribution in [1.82, 2.24) is 0 Å². The minimum Gasteiger partial charge on any atom is -0.389 e. The van der Waals surface area contributed by atoms with Crippen LogP contribution in [0.25, 0.3) is 0 Å². The third-order valence-electron chi connectivity index (χ3n) is 6.08. The van der Waals surface area contributed by atoms with Crippen molar-refractivity contribution in [3.05, 3.63) is 29.8 Å². The van der Waals surface area contributed by atoms with Crippen LogP contribution in [0.5, 0.6) is 0 Å². The Morgan fingerprint density at radius 3 is 2.36 bits per heavy atom. The maximum Gasteiger partial charge on any atom is 0.250 e. The first-order valence-electron chi connectivity index (χ1n) is 10.9. The highest BCUT2D eigenvalue weighted by molar-refractivity contribution is 5.91. The number of nitrogens with one attached hydrogen (secondary N) is 1. The molecule has 0 unspecified atom stereocenters. The van der Waals surface area contributed by atoms with E-state index < -0.39 is 66.9 Å². The maximum atomic E-state index is 12.4. The molecule has 3 rings (SSSR count). The summed E-state index contributed by atoms with van der Waals surface area (Å²) in [4.78, 5) is 12.4. The maximum absolute atomic E-state index is 12.4. The summed E-state index contributed by atoms with van der Waals surface area (Å²) < 4.78 is 17.3. The molecule has 1 amide bonds. The molecule has 12 N–H and O–H groups in total. The lowest BCUT2D eigenvalue weighted by atomic mass is 9.84. The number of hydrogen-bond donors (Lipinski definition) is 8. The summed E-state index contributed by atoms with van der Waals surface area (Å²) >= 11 is 0. The van der Waals surface area contributed by atoms with Gasteiger partial charge in [-0.3, -0.25) is 4.79 Å². The Morgan fingerprint density at radius 2 is 1.73 bits per heavy atom. The largest absolute Gasteiger partial charge is 0.389 e. The van der Waals surface area contributed by atoms with Gasteiger partial charge in [0.25, 0.3) is 0 Å². The van der Waals surface area contributed by atoms with Crippen molar-refractivity contribution in [1.29, 1.82) is 0 Å². The van der Waals surface area contributed by atoms with Crippen LogP contribution >= 0.6 is 0 Å². The van der Waals surface area contributed by atoms with Gasteiger partial charge < -0.3 is 57.8 Å². The van der Waals surface area contributed by atoms with E-state index in [0.29, 0.717) is 5.69 Å². The van der Waals surface area contributed by atoms with E-state index in [1.54, 1.807) is 12.1 Å². The molecule has 1 aromatic carbocycles. The number of aliphatic hydroxyl groups excluding tert-OH is 3. The smallest absolute Gasteiger partial charge is 0.250 e. The molecule has 1 saturated heterocycles. The molecule has 1 aliphatic carbocycles. The summed E-state index contributed by atoms with van der Waals surface area (Å²) in [6.07, 6.45) is -7.69. The lowest BCUT2D eigenvalue weighted by molar-refractivity contribution is -0.290. The normalized spacial score (nSPS) is 39.3. The van der Waals surface area contributed by atoms with Crippen LogP contribution < -0.4 is 28.3 Å². The summed E-state index contributed by atoms with van der Waals surface area (Å²) in [5, 5.41) is 33.6. The Labute approximate surface area is 192 Å². The highest BCUT2D eigenvalue weighted by Gasteiger charge is 2.48. The van der Waals surface area contributed by atoms with Crippen LogP contribution in [-0.4, -0.2) is 95.4 Å². The minimum atomic E-state index is -1.34. The van der Waals surface area contributed by atoms with Crippen molar-refractivity contribution >= 4 is 11.6 Å². The van der Waals surface area contributed by atoms with Gasteiger partial charge >= 0.3 is 0 Å². The Hall–Kier alpha value is -1.71. The van der Waals surface area contributed by atoms with Crippen molar-refractivity contribution in [2.75, 3.05) is 18.5 Å². The van der Waals surface area contributed by atoms with Crippen LogP contribution in [0.4, 0.5) is 5.69 Å². The van der Waals surface area contributed by atoms with Crippen LogP contribution in [0.1, 0.15) is 12.0 Å². The van der Waals surface area contributed by atoms with E-state index in [1.807, 2.05) is 19.1 Å². The average molecular weight is 470 g/mol. The van der Waals surface area contributed by atoms with Gasteiger partial charge in [0, 0.05) is 24.3 Å². The fraction of sp³-hybridized carbons (Fsp3) is 0.667. The number of rotatable bonds is 7. The SMILES string of the molecule is Cc1ccc(NC(=O)CO[C@@H]2[C@@H](O)[C@H](N)C[C@H](N)[C@H]2O[C@H]2O[C@H](CN)[C@@H](O)[C@H](O)[C@H]2N)cc1. The van der Waals surface area contributed by atoms with Gasteiger partial charge in [-0.2, -0.15) is 0 Å². The number of hydrogen-bond acceptors (Lipinski definition) is 11. The lowest BCUT2D eigenvalue weighted by Crippen LogP contribution is -2.67. The third kappa shape index (κ3) is 6.05. The summed E-state index contributed by atoms with van der Waals surface area (Å²) in [6.45, 7) is 1.47. The topological polar surface area (TPSA) is 222 Å². The van der Waals surface area contributed by atoms with E-state index in [9.17, 15) is 20.1 Å². The molecular weight excluding hydrogens is 434 g/mol. The molecular formula is C21H35N5O7. The number of amides is 1. The van der Waals surface area contributed by atoms with E-state index in [2.05, 4.69) is 5.32 Å². The van der Waals surface area contributed by atoms with E-state index in [-0.39, 0.29) is 19.6 Å². The van der Waals surface area contributed by atoms with Crippen LogP contribution in [0.3, 0.4) is 0 Å². The molecule has 33 heavy (non-hydrogen) atoms. The molecule has 2 aliphatic rings. The van der Waals surface area contributed by atoms with Crippen LogP contribution in [0.15, 0.2) is 24.3 Å². The van der Waals surface area contributed by atoms with Crippen LogP contribution in [0.2, 0.25) is 0 Å². The molecule has 12 nitrogen and oxygen atoms in total. The van der Waals surface area contributed by atoms with Crippen molar-refractivity contribution in [2.24, 2.45) is 22.9 Å². The van der Waals surface area contributed by atoms with E-state index in [1.165, 1.54) is 0 Å². The van der Waals surface area contributed by atoms with Gasteiger partial charge in [-0.15, -0.1) is 0 Å². The standard InChI is InChI=1S/C21H35N5O7/c1-9-2-4-10(5-3-9)26-14(27)8-31-20-16(28)11(23)6-12(24)19(20)33-21-15(25)18(30)17(29)13(7-22)32-21/h2-5,11-13,15-21,28-30H,6-8,22-25H2,1H3,(H,26,27)/t11-,12+,13-,15-,16+,17-,18-,19-,20-,21-/m1/s1. The number of benzene rings is 1. The Morgan fingerprint density at radius 1 is 1.06 bits per heavy atom. The predicted octanol–water partition coefficient (Wildman–Crippen LogP) is -3.14. The lowest BCUT2D eigenvalue weighted by Gasteiger charge is -2.46. The predicted molar refractivity (Wildman–Crippen MR) is 119 cm³/mol. The van der Waals surface area contributed by atoms with Gasteiger partial charge in [-0.25, -0.2) is 0 Å². The van der Waals surface area contributed by atoms with Gasteiger partial charge in [-0.05, 0) is 25.5 Å². The molecule has 1 aliphatic heterocycles. The molecule has 12 heteroatoms. The Bertz CT molecular complexity index is 783. The Balaban J connectivity index is 1.68. The molecule has 186 valence electrons. The summed E-state index contributed by atoms with van der Waals surface area (Å²) in [6, 6.07) is 4.76. The van der Waals surface area contributed by atoms with E-state index in [4.69, 9.17) is 37.1 Å². The molecule has 2 fully saturated rings. The number of ether oxygens (including phenoxy) is 3. The molecule has 0 aromatic heterocycles. The summed E-state index contributed by atoms with van der Waals surface area (Å²) in [5.41, 5.74) is 25.5. The monoisotopic (exact) mass is 469 g/mol. The van der Waals surface area contributed by atoms with E-state index >= 15 is 0 Å². The minimum absolute atomic E-state index is 0.0753. The third-order valence-corrected chi connectivity index (χ3v) is 6.08. The number of anilines is 1. The van der Waals surface area contributed by atoms with Crippen LogP contribution in [-0.2, 0) is 19.0 Å². The molecule has 1 aromatic rings. The molecule has 0 spiro atoms. The van der Waals surface area contributed by atoms with Gasteiger partial charge in [0.2, 0.25) is 5.91 Å². The van der Waals surface area contributed by atoms with Gasteiger partial charge in [-0.1, -0.05) is 17.7 Å². The molecule has 0 bridgehead atoms. The quantitative estimate of drug-likeness (QED) is 0.199. The zero-order valence-corrected chi connectivity index (χ0v) is 18.5. The van der Waals surface area contributed by atoms with Gasteiger partial charge in [0.15, 0.2) is 6.29 Å². The first-order chi connectivity index (χ1) is 15.6. The second-order valence-electron chi connectivity index (χ2n) is 8.68. The van der Waals surface area contributed by atoms with Crippen molar-refractivity contribution in [3.63, 3.8) is 0 Å². The average Bonchev–Trinajstić information content (AvgIpc) is 2.78. The highest BCUT2D eigenvalue weighted by Crippen LogP contribution is 2.28. The highest BCUT2D eigenvalue weighted by atomic mass is 16.7. The Kier molecular flexibility index (Phi) is 8.75. The van der Waals surface area contributed by atoms with Crippen molar-refractivity contribution in [3.8, 4) is 0 Å². The van der Waals surface area contributed by atoms with E-state index in [0.717, 1.165) is 5.56 Å². The molecule has 10 atom stereocenters. The second-order valence-corrected chi connectivity index (χ2v) is 8.68. The zero-order chi connectivity index (χ0) is 24.3. The molecule has 0 radical (unpaired) electrons. The number of aliphatic hydroxyl groups is 3. The number of carbonyl (C=O) groups excluding carboxylic acids is 1. The molecule has 1 saturated carbocycles. The van der Waals surface area contributed by atoms with Crippen molar-refractivity contribution < 1.29 is 34.3 Å². The summed E-state index contributed by atoms with van der Waals surface area (Å²) in [5.74, 6) is -0.440. The summed E-state index contributed by atoms with van der Waals surface area (Å²) in [7, 11) is 0. The van der Waals surface area contributed by atoms with Crippen LogP contribution in [0, 0.1) is 6.92 Å². The first kappa shape index (κ1) is 25.9. The zero-order valence-electron chi connectivity index (χ0n) is 18.5. The van der Waals surface area contributed by atoms with Gasteiger partial charge in [0.1, 0.15) is 37.1 Å². The second kappa shape index (κ2) is 11.1. The first-order valence-corrected chi connectivity index (χ1v) is 10.9. The number of nitrogens with two attached hydrogens (primary N) is 4. The van der Waals surface area contributed by atoms with Crippen molar-refractivity contribution in [2.45, 2.75) is 74.4 Å². The molecule has 1 heterocycles.